The van der Waals surface area contributed by atoms with Gasteiger partial charge in [-0.1, -0.05) is 11.6 Å². The molecule has 6 nitrogen and oxygen atoms in total. The zero-order valence-corrected chi connectivity index (χ0v) is 15.1. The van der Waals surface area contributed by atoms with Crippen LogP contribution in [-0.4, -0.2) is 15.0 Å². The Hall–Kier alpha value is -2.90. The molecule has 4 rings (SSSR count). The Morgan fingerprint density at radius 2 is 2.04 bits per heavy atom. The smallest absolute Gasteiger partial charge is 0.141 e. The maximum atomic E-state index is 6.34. The van der Waals surface area contributed by atoms with Gasteiger partial charge in [-0.05, 0) is 36.4 Å². The number of aromatic nitrogens is 3. The SMILES string of the molecule is Nc1ccc2ncnc(Nc3ccc(OCc4nccs4)c(Cl)c3)c2c1. The zero-order chi connectivity index (χ0) is 17.9. The van der Waals surface area contributed by atoms with E-state index in [4.69, 9.17) is 22.1 Å². The van der Waals surface area contributed by atoms with E-state index in [0.29, 0.717) is 28.9 Å². The molecule has 26 heavy (non-hydrogen) atoms. The largest absolute Gasteiger partial charge is 0.485 e. The number of rotatable bonds is 5. The standard InChI is InChI=1S/C18H14ClN5OS/c19-14-8-12(2-4-16(14)25-9-17-21-5-6-26-17)24-18-13-7-11(20)1-3-15(13)22-10-23-18/h1-8,10H,9,20H2,(H,22,23,24). The summed E-state index contributed by atoms with van der Waals surface area (Å²) in [6.07, 6.45) is 3.25. The molecule has 0 fully saturated rings. The highest BCUT2D eigenvalue weighted by Crippen LogP contribution is 2.31. The topological polar surface area (TPSA) is 86.0 Å². The molecule has 0 amide bonds. The van der Waals surface area contributed by atoms with Gasteiger partial charge in [-0.3, -0.25) is 0 Å². The molecule has 4 aromatic rings. The van der Waals surface area contributed by atoms with E-state index in [-0.39, 0.29) is 0 Å². The first-order valence-corrected chi connectivity index (χ1v) is 9.03. The minimum Gasteiger partial charge on any atom is -0.485 e. The fourth-order valence-electron chi connectivity index (χ4n) is 2.47. The Morgan fingerprint density at radius 3 is 2.85 bits per heavy atom. The van der Waals surface area contributed by atoms with Crippen LogP contribution in [0.1, 0.15) is 5.01 Å². The van der Waals surface area contributed by atoms with Gasteiger partial charge in [0.1, 0.15) is 29.5 Å². The summed E-state index contributed by atoms with van der Waals surface area (Å²) in [4.78, 5) is 12.7. The lowest BCUT2D eigenvalue weighted by Gasteiger charge is -2.11. The predicted molar refractivity (Wildman–Crippen MR) is 105 cm³/mol. The summed E-state index contributed by atoms with van der Waals surface area (Å²) in [5.74, 6) is 1.26. The summed E-state index contributed by atoms with van der Waals surface area (Å²) < 4.78 is 5.72. The van der Waals surface area contributed by atoms with Gasteiger partial charge in [-0.2, -0.15) is 0 Å². The van der Waals surface area contributed by atoms with Crippen molar-refractivity contribution in [1.82, 2.24) is 15.0 Å². The fraction of sp³-hybridized carbons (Fsp3) is 0.0556. The molecule has 0 aliphatic heterocycles. The van der Waals surface area contributed by atoms with E-state index in [1.165, 1.54) is 17.7 Å². The molecule has 2 aromatic heterocycles. The molecule has 3 N–H and O–H groups in total. The van der Waals surface area contributed by atoms with E-state index < -0.39 is 0 Å². The molecular formula is C18H14ClN5OS. The van der Waals surface area contributed by atoms with Crippen molar-refractivity contribution in [3.05, 3.63) is 64.3 Å². The predicted octanol–water partition coefficient (Wildman–Crippen LogP) is 4.64. The molecule has 0 saturated heterocycles. The Bertz CT molecular complexity index is 1050. The number of nitrogens with zero attached hydrogens (tertiary/aromatic N) is 3. The summed E-state index contributed by atoms with van der Waals surface area (Å²) in [7, 11) is 0. The number of nitrogens with two attached hydrogens (primary N) is 1. The zero-order valence-electron chi connectivity index (χ0n) is 13.5. The number of ether oxygens (including phenoxy) is 1. The van der Waals surface area contributed by atoms with Gasteiger partial charge in [0.05, 0.1) is 10.5 Å². The van der Waals surface area contributed by atoms with Gasteiger partial charge in [0.2, 0.25) is 0 Å². The summed E-state index contributed by atoms with van der Waals surface area (Å²) in [5, 5.41) is 7.40. The van der Waals surface area contributed by atoms with Crippen LogP contribution in [0.2, 0.25) is 5.02 Å². The van der Waals surface area contributed by atoms with Crippen molar-refractivity contribution in [2.24, 2.45) is 0 Å². The van der Waals surface area contributed by atoms with Crippen LogP contribution in [-0.2, 0) is 6.61 Å². The van der Waals surface area contributed by atoms with Crippen molar-refractivity contribution in [3.63, 3.8) is 0 Å². The highest BCUT2D eigenvalue weighted by atomic mass is 35.5. The van der Waals surface area contributed by atoms with Crippen LogP contribution in [0, 0.1) is 0 Å². The Labute approximate surface area is 158 Å². The van der Waals surface area contributed by atoms with Crippen LogP contribution < -0.4 is 15.8 Å². The maximum Gasteiger partial charge on any atom is 0.141 e. The lowest BCUT2D eigenvalue weighted by Crippen LogP contribution is -1.98. The molecule has 130 valence electrons. The summed E-state index contributed by atoms with van der Waals surface area (Å²) in [6.45, 7) is 0.389. The van der Waals surface area contributed by atoms with Gasteiger partial charge < -0.3 is 15.8 Å². The molecule has 0 radical (unpaired) electrons. The number of nitrogens with one attached hydrogen (secondary N) is 1. The number of nitrogen functional groups attached to an aromatic ring is 1. The molecule has 8 heteroatoms. The number of anilines is 3. The molecule has 0 aliphatic rings. The number of benzene rings is 2. The molecule has 0 atom stereocenters. The average Bonchev–Trinajstić information content (AvgIpc) is 3.15. The number of hydrogen-bond acceptors (Lipinski definition) is 7. The molecule has 0 bridgehead atoms. The lowest BCUT2D eigenvalue weighted by atomic mass is 10.2. The highest BCUT2D eigenvalue weighted by molar-refractivity contribution is 7.09. The van der Waals surface area contributed by atoms with Crippen LogP contribution in [0.4, 0.5) is 17.2 Å². The normalized spacial score (nSPS) is 10.8. The van der Waals surface area contributed by atoms with Gasteiger partial charge in [0.25, 0.3) is 0 Å². The molecular weight excluding hydrogens is 370 g/mol. The number of hydrogen-bond donors (Lipinski definition) is 2. The van der Waals surface area contributed by atoms with Crippen LogP contribution in [0.3, 0.4) is 0 Å². The second kappa shape index (κ2) is 7.15. The van der Waals surface area contributed by atoms with Gasteiger partial charge in [-0.15, -0.1) is 11.3 Å². The summed E-state index contributed by atoms with van der Waals surface area (Å²) >= 11 is 7.88. The minimum absolute atomic E-state index is 0.389. The first kappa shape index (κ1) is 16.6. The third-order valence-corrected chi connectivity index (χ3v) is 4.74. The highest BCUT2D eigenvalue weighted by Gasteiger charge is 2.08. The van der Waals surface area contributed by atoms with Crippen LogP contribution in [0.25, 0.3) is 10.9 Å². The van der Waals surface area contributed by atoms with E-state index in [0.717, 1.165) is 21.6 Å². The van der Waals surface area contributed by atoms with Crippen molar-refractivity contribution in [3.8, 4) is 5.75 Å². The third-order valence-electron chi connectivity index (χ3n) is 3.69. The third kappa shape index (κ3) is 3.54. The number of halogens is 1. The number of thiazole rings is 1. The Morgan fingerprint density at radius 1 is 1.12 bits per heavy atom. The van der Waals surface area contributed by atoms with Crippen LogP contribution >= 0.6 is 22.9 Å². The molecule has 0 spiro atoms. The first-order chi connectivity index (χ1) is 12.7. The Balaban J connectivity index is 1.55. The molecule has 2 aromatic carbocycles. The quantitative estimate of drug-likeness (QED) is 0.488. The fourth-order valence-corrected chi connectivity index (χ4v) is 3.23. The first-order valence-electron chi connectivity index (χ1n) is 7.77. The minimum atomic E-state index is 0.389. The maximum absolute atomic E-state index is 6.34. The van der Waals surface area contributed by atoms with Gasteiger partial charge in [0.15, 0.2) is 0 Å². The second-order valence-electron chi connectivity index (χ2n) is 5.48. The van der Waals surface area contributed by atoms with E-state index in [1.807, 2.05) is 35.7 Å². The van der Waals surface area contributed by atoms with E-state index >= 15 is 0 Å². The molecule has 0 unspecified atom stereocenters. The van der Waals surface area contributed by atoms with E-state index in [1.54, 1.807) is 12.3 Å². The average molecular weight is 384 g/mol. The van der Waals surface area contributed by atoms with E-state index in [9.17, 15) is 0 Å². The van der Waals surface area contributed by atoms with Gasteiger partial charge in [-0.25, -0.2) is 15.0 Å². The lowest BCUT2D eigenvalue weighted by molar-refractivity contribution is 0.306. The van der Waals surface area contributed by atoms with Gasteiger partial charge >= 0.3 is 0 Å². The van der Waals surface area contributed by atoms with Crippen molar-refractivity contribution in [2.75, 3.05) is 11.1 Å². The second-order valence-corrected chi connectivity index (χ2v) is 6.87. The summed E-state index contributed by atoms with van der Waals surface area (Å²) in [6, 6.07) is 11.0. The van der Waals surface area contributed by atoms with E-state index in [2.05, 4.69) is 20.3 Å². The van der Waals surface area contributed by atoms with Crippen LogP contribution in [0.15, 0.2) is 54.3 Å². The van der Waals surface area contributed by atoms with Crippen molar-refractivity contribution in [1.29, 1.82) is 0 Å². The van der Waals surface area contributed by atoms with Crippen molar-refractivity contribution < 1.29 is 4.74 Å². The molecule has 2 heterocycles. The monoisotopic (exact) mass is 383 g/mol. The Kier molecular flexibility index (Phi) is 4.55. The van der Waals surface area contributed by atoms with Gasteiger partial charge in [0, 0.05) is 28.3 Å². The summed E-state index contributed by atoms with van der Waals surface area (Å²) in [5.41, 5.74) is 8.13. The number of fused-ring (bicyclic) bond motifs is 1. The molecule has 0 saturated carbocycles. The molecule has 0 aliphatic carbocycles. The van der Waals surface area contributed by atoms with Crippen molar-refractivity contribution >= 4 is 51.0 Å². The van der Waals surface area contributed by atoms with Crippen molar-refractivity contribution in [2.45, 2.75) is 6.61 Å². The van der Waals surface area contributed by atoms with Crippen LogP contribution in [0.5, 0.6) is 5.75 Å².